The van der Waals surface area contributed by atoms with E-state index in [1.54, 1.807) is 25.1 Å². The normalized spacial score (nSPS) is 19.7. The minimum atomic E-state index is -4.14. The minimum absolute atomic E-state index is 0.385. The predicted octanol–water partition coefficient (Wildman–Crippen LogP) is 5.70. The van der Waals surface area contributed by atoms with E-state index in [1.807, 2.05) is 30.3 Å². The first-order valence-electron chi connectivity index (χ1n) is 10.4. The summed E-state index contributed by atoms with van der Waals surface area (Å²) >= 11 is 0. The molecule has 8 heteroatoms. The minimum Gasteiger partial charge on any atom is -0.357 e. The quantitative estimate of drug-likeness (QED) is 0.307. The molecule has 166 valence electrons. The molecule has 0 radical (unpaired) electrons. The Hall–Kier alpha value is -3.13. The zero-order chi connectivity index (χ0) is 22.6. The summed E-state index contributed by atoms with van der Waals surface area (Å²) in [5, 5.41) is 1.76. The van der Waals surface area contributed by atoms with Gasteiger partial charge >= 0.3 is 12.3 Å². The number of para-hydroxylation sites is 1. The molecular formula is C24H21F4N3O. The van der Waals surface area contributed by atoms with Gasteiger partial charge in [0.2, 0.25) is 0 Å². The Morgan fingerprint density at radius 1 is 1.12 bits per heavy atom. The van der Waals surface area contributed by atoms with Gasteiger partial charge in [0, 0.05) is 33.5 Å². The fourth-order valence-electron chi connectivity index (χ4n) is 4.83. The molecule has 32 heavy (non-hydrogen) atoms. The molecule has 2 atom stereocenters. The van der Waals surface area contributed by atoms with Crippen LogP contribution in [0.15, 0.2) is 48.5 Å². The summed E-state index contributed by atoms with van der Waals surface area (Å²) in [6, 6.07) is 13.7. The molecule has 0 aliphatic carbocycles. The van der Waals surface area contributed by atoms with Crippen molar-refractivity contribution in [2.45, 2.75) is 37.8 Å². The SMILES string of the molecule is C[C@@H]1Cc2c([nH]c3ccccc23)[C@@H](c2ccc3[nH]c(C=O)cc3c2)N1CC(F)(F)C(F)F. The van der Waals surface area contributed by atoms with Gasteiger partial charge in [-0.3, -0.25) is 9.69 Å². The summed E-state index contributed by atoms with van der Waals surface area (Å²) < 4.78 is 54.7. The first-order chi connectivity index (χ1) is 15.3. The molecule has 2 aromatic heterocycles. The van der Waals surface area contributed by atoms with Crippen LogP contribution in [0.25, 0.3) is 21.8 Å². The van der Waals surface area contributed by atoms with E-state index in [2.05, 4.69) is 9.97 Å². The van der Waals surface area contributed by atoms with Crippen LogP contribution in [0.2, 0.25) is 0 Å². The Balaban J connectivity index is 1.69. The number of benzene rings is 2. The zero-order valence-electron chi connectivity index (χ0n) is 17.2. The molecule has 4 nitrogen and oxygen atoms in total. The molecule has 0 saturated carbocycles. The first kappa shape index (κ1) is 20.8. The van der Waals surface area contributed by atoms with Crippen molar-refractivity contribution in [1.82, 2.24) is 14.9 Å². The van der Waals surface area contributed by atoms with E-state index in [0.29, 0.717) is 24.0 Å². The maximum atomic E-state index is 14.2. The Bertz CT molecular complexity index is 1310. The van der Waals surface area contributed by atoms with Crippen molar-refractivity contribution >= 4 is 28.1 Å². The number of H-pyrrole nitrogens is 2. The highest BCUT2D eigenvalue weighted by Gasteiger charge is 2.47. The summed E-state index contributed by atoms with van der Waals surface area (Å²) in [6.45, 7) is 0.731. The van der Waals surface area contributed by atoms with Gasteiger partial charge in [0.15, 0.2) is 6.29 Å². The number of hydrogen-bond acceptors (Lipinski definition) is 2. The van der Waals surface area contributed by atoms with E-state index in [1.165, 1.54) is 4.90 Å². The number of fused-ring (bicyclic) bond motifs is 4. The topological polar surface area (TPSA) is 51.9 Å². The van der Waals surface area contributed by atoms with Gasteiger partial charge in [0.05, 0.1) is 18.3 Å². The van der Waals surface area contributed by atoms with Crippen LogP contribution in [0.1, 0.15) is 40.3 Å². The Labute approximate surface area is 181 Å². The average molecular weight is 443 g/mol. The van der Waals surface area contributed by atoms with Crippen LogP contribution in [-0.4, -0.2) is 46.1 Å². The van der Waals surface area contributed by atoms with Gasteiger partial charge in [0.1, 0.15) is 0 Å². The van der Waals surface area contributed by atoms with Crippen molar-refractivity contribution in [1.29, 1.82) is 0 Å². The molecule has 2 aromatic carbocycles. The van der Waals surface area contributed by atoms with Gasteiger partial charge in [0.25, 0.3) is 0 Å². The summed E-state index contributed by atoms with van der Waals surface area (Å²) in [4.78, 5) is 18.9. The number of halogens is 4. The molecule has 4 aromatic rings. The number of carbonyl (C=O) groups excluding carboxylic acids is 1. The second kappa shape index (κ2) is 7.48. The van der Waals surface area contributed by atoms with Crippen LogP contribution < -0.4 is 0 Å². The maximum Gasteiger partial charge on any atom is 0.319 e. The number of nitrogens with zero attached hydrogens (tertiary/aromatic N) is 1. The van der Waals surface area contributed by atoms with Crippen LogP contribution in [-0.2, 0) is 6.42 Å². The lowest BCUT2D eigenvalue weighted by Gasteiger charge is -2.42. The highest BCUT2D eigenvalue weighted by Crippen LogP contribution is 2.43. The summed E-state index contributed by atoms with van der Waals surface area (Å²) in [5.74, 6) is -4.14. The van der Waals surface area contributed by atoms with Crippen molar-refractivity contribution in [2.75, 3.05) is 6.54 Å². The third-order valence-corrected chi connectivity index (χ3v) is 6.34. The number of rotatable bonds is 5. The molecule has 2 N–H and O–H groups in total. The van der Waals surface area contributed by atoms with Crippen LogP contribution in [0.5, 0.6) is 0 Å². The van der Waals surface area contributed by atoms with E-state index in [0.717, 1.165) is 33.1 Å². The molecule has 0 bridgehead atoms. The van der Waals surface area contributed by atoms with Crippen molar-refractivity contribution in [3.8, 4) is 0 Å². The number of hydrogen-bond donors (Lipinski definition) is 2. The van der Waals surface area contributed by atoms with E-state index >= 15 is 0 Å². The number of aldehydes is 1. The molecule has 0 amide bonds. The van der Waals surface area contributed by atoms with Crippen molar-refractivity contribution in [3.63, 3.8) is 0 Å². The molecule has 1 aliphatic rings. The van der Waals surface area contributed by atoms with Crippen LogP contribution in [0.3, 0.4) is 0 Å². The van der Waals surface area contributed by atoms with Crippen molar-refractivity contribution < 1.29 is 22.4 Å². The molecule has 0 fully saturated rings. The van der Waals surface area contributed by atoms with Crippen LogP contribution >= 0.6 is 0 Å². The molecule has 1 aliphatic heterocycles. The zero-order valence-corrected chi connectivity index (χ0v) is 17.2. The first-order valence-corrected chi connectivity index (χ1v) is 10.4. The molecular weight excluding hydrogens is 422 g/mol. The van der Waals surface area contributed by atoms with Gasteiger partial charge in [-0.05, 0) is 48.7 Å². The van der Waals surface area contributed by atoms with Gasteiger partial charge in [-0.25, -0.2) is 8.78 Å². The van der Waals surface area contributed by atoms with E-state index in [4.69, 9.17) is 0 Å². The lowest BCUT2D eigenvalue weighted by Crippen LogP contribution is -2.50. The van der Waals surface area contributed by atoms with Gasteiger partial charge in [-0.1, -0.05) is 24.3 Å². The number of carbonyl (C=O) groups is 1. The molecule has 0 saturated heterocycles. The van der Waals surface area contributed by atoms with Crippen LogP contribution in [0.4, 0.5) is 17.6 Å². The largest absolute Gasteiger partial charge is 0.357 e. The fourth-order valence-corrected chi connectivity index (χ4v) is 4.83. The Morgan fingerprint density at radius 2 is 1.91 bits per heavy atom. The van der Waals surface area contributed by atoms with Crippen molar-refractivity contribution in [3.05, 3.63) is 71.0 Å². The molecule has 5 rings (SSSR count). The van der Waals surface area contributed by atoms with E-state index < -0.39 is 24.9 Å². The highest BCUT2D eigenvalue weighted by atomic mass is 19.3. The highest BCUT2D eigenvalue weighted by molar-refractivity contribution is 5.89. The average Bonchev–Trinajstić information content (AvgIpc) is 3.34. The number of aromatic amines is 2. The lowest BCUT2D eigenvalue weighted by molar-refractivity contribution is -0.150. The molecule has 0 spiro atoms. The fraction of sp³-hybridized carbons (Fsp3) is 0.292. The second-order valence-electron chi connectivity index (χ2n) is 8.44. The number of alkyl halides is 4. The van der Waals surface area contributed by atoms with Crippen molar-refractivity contribution in [2.24, 2.45) is 0 Å². The summed E-state index contributed by atoms with van der Waals surface area (Å²) in [7, 11) is 0. The molecule has 3 heterocycles. The maximum absolute atomic E-state index is 14.2. The standard InChI is InChI=1S/C24H21F4N3O/c1-13-8-18-17-4-2-3-5-20(17)30-21(18)22(31(13)12-24(27,28)23(25)26)14-6-7-19-15(9-14)10-16(11-32)29-19/h2-7,9-11,13,22-23,29-30H,8,12H2,1H3/t13-,22-/m1/s1. The van der Waals surface area contributed by atoms with Gasteiger partial charge < -0.3 is 9.97 Å². The van der Waals surface area contributed by atoms with E-state index in [9.17, 15) is 22.4 Å². The summed E-state index contributed by atoms with van der Waals surface area (Å²) in [5.41, 5.74) is 4.46. The van der Waals surface area contributed by atoms with Gasteiger partial charge in [-0.2, -0.15) is 8.78 Å². The smallest absolute Gasteiger partial charge is 0.319 e. The van der Waals surface area contributed by atoms with Gasteiger partial charge in [-0.15, -0.1) is 0 Å². The third kappa shape index (κ3) is 3.30. The third-order valence-electron chi connectivity index (χ3n) is 6.34. The molecule has 0 unspecified atom stereocenters. The summed E-state index contributed by atoms with van der Waals surface area (Å²) in [6.07, 6.45) is -2.58. The monoisotopic (exact) mass is 443 g/mol. The lowest BCUT2D eigenvalue weighted by atomic mass is 9.88. The number of aromatic nitrogens is 2. The second-order valence-corrected chi connectivity index (χ2v) is 8.44. The van der Waals surface area contributed by atoms with E-state index in [-0.39, 0.29) is 6.04 Å². The Kier molecular flexibility index (Phi) is 4.85. The Morgan fingerprint density at radius 3 is 2.66 bits per heavy atom. The van der Waals surface area contributed by atoms with Crippen LogP contribution in [0, 0.1) is 0 Å². The number of nitrogens with one attached hydrogen (secondary N) is 2. The predicted molar refractivity (Wildman–Crippen MR) is 115 cm³/mol.